The number of carbonyl (C=O) groups is 1. The van der Waals surface area contributed by atoms with Gasteiger partial charge < -0.3 is 14.8 Å². The number of allylic oxidation sites excluding steroid dienone is 1. The minimum atomic E-state index is -0.322. The van der Waals surface area contributed by atoms with E-state index in [0.717, 1.165) is 22.9 Å². The van der Waals surface area contributed by atoms with Gasteiger partial charge in [-0.25, -0.2) is 14.4 Å². The van der Waals surface area contributed by atoms with Crippen molar-refractivity contribution in [2.24, 2.45) is 5.41 Å². The predicted molar refractivity (Wildman–Crippen MR) is 154 cm³/mol. The molecule has 1 aliphatic rings. The fourth-order valence-corrected chi connectivity index (χ4v) is 4.61. The van der Waals surface area contributed by atoms with E-state index in [0.29, 0.717) is 46.6 Å². The summed E-state index contributed by atoms with van der Waals surface area (Å²) in [6, 6.07) is 15.3. The Morgan fingerprint density at radius 2 is 2.12 bits per heavy atom. The van der Waals surface area contributed by atoms with Gasteiger partial charge in [-0.3, -0.25) is 4.79 Å². The van der Waals surface area contributed by atoms with Crippen molar-refractivity contribution < 1.29 is 18.7 Å². The number of hydrogen-bond acceptors (Lipinski definition) is 6. The van der Waals surface area contributed by atoms with Gasteiger partial charge in [0.1, 0.15) is 30.3 Å². The van der Waals surface area contributed by atoms with Crippen LogP contribution in [0, 0.1) is 23.1 Å². The normalized spacial score (nSPS) is 16.3. The number of benzene rings is 3. The number of nitrogens with zero attached hydrogens (tertiary/aromatic N) is 2. The Labute approximate surface area is 237 Å². The number of fused-ring (bicyclic) bond motifs is 1. The second-order valence-corrected chi connectivity index (χ2v) is 10.3. The monoisotopic (exact) mass is 555 g/mol. The van der Waals surface area contributed by atoms with E-state index in [1.807, 2.05) is 18.2 Å². The van der Waals surface area contributed by atoms with Crippen LogP contribution in [0.5, 0.6) is 5.75 Å². The third kappa shape index (κ3) is 6.48. The minimum Gasteiger partial charge on any atom is -0.487 e. The first-order chi connectivity index (χ1) is 19.3. The lowest BCUT2D eigenvalue weighted by Crippen LogP contribution is -2.12. The Balaban J connectivity index is 1.42. The fourth-order valence-electron chi connectivity index (χ4n) is 4.37. The maximum absolute atomic E-state index is 13.5. The molecule has 1 fully saturated rings. The number of carbonyl (C=O) groups excluding carboxylic acids is 1. The number of halogens is 2. The molecule has 1 atom stereocenters. The van der Waals surface area contributed by atoms with Crippen molar-refractivity contribution in [2.45, 2.75) is 26.4 Å². The summed E-state index contributed by atoms with van der Waals surface area (Å²) in [5.41, 5.74) is 3.36. The molecule has 1 saturated heterocycles. The van der Waals surface area contributed by atoms with Gasteiger partial charge in [0.15, 0.2) is 5.78 Å². The highest BCUT2D eigenvalue weighted by Gasteiger charge is 2.27. The van der Waals surface area contributed by atoms with Crippen molar-refractivity contribution in [1.82, 2.24) is 9.97 Å². The first kappa shape index (κ1) is 27.3. The Hall–Kier alpha value is -4.25. The highest BCUT2D eigenvalue weighted by Crippen LogP contribution is 2.32. The Bertz CT molecular complexity index is 1650. The molecule has 4 aromatic rings. The molecule has 1 aliphatic heterocycles. The third-order valence-electron chi connectivity index (χ3n) is 6.65. The van der Waals surface area contributed by atoms with Crippen LogP contribution in [0.3, 0.4) is 0 Å². The summed E-state index contributed by atoms with van der Waals surface area (Å²) >= 11 is 6.49. The van der Waals surface area contributed by atoms with Crippen LogP contribution in [0.4, 0.5) is 15.9 Å². The first-order valence-electron chi connectivity index (χ1n) is 12.8. The van der Waals surface area contributed by atoms with E-state index in [4.69, 9.17) is 21.1 Å². The molecule has 40 heavy (non-hydrogen) atoms. The van der Waals surface area contributed by atoms with Gasteiger partial charge in [0.25, 0.3) is 0 Å². The standard InChI is InChI=1S/C32H27ClFN3O3/c1-3-26(38)14-23-15-27-29(16-22(23)9-10-32(2)11-12-39-19-32)35-20-36-31(27)37-25-7-8-30(28(33)17-25)40-18-21-5-4-6-24(34)13-21/h3-8,13,15-17,20H,1,11-12,14,18-19H2,2H3,(H,35,36,37). The number of nitrogens with one attached hydrogen (secondary N) is 1. The van der Waals surface area contributed by atoms with Crippen molar-refractivity contribution in [1.29, 1.82) is 0 Å². The highest BCUT2D eigenvalue weighted by atomic mass is 35.5. The third-order valence-corrected chi connectivity index (χ3v) is 6.94. The summed E-state index contributed by atoms with van der Waals surface area (Å²) in [4.78, 5) is 21.2. The molecule has 1 aromatic heterocycles. The Morgan fingerprint density at radius 3 is 2.88 bits per heavy atom. The van der Waals surface area contributed by atoms with Crippen molar-refractivity contribution in [2.75, 3.05) is 18.5 Å². The number of ketones is 1. The minimum absolute atomic E-state index is 0.107. The van der Waals surface area contributed by atoms with Gasteiger partial charge in [0.2, 0.25) is 0 Å². The molecule has 0 bridgehead atoms. The molecule has 2 heterocycles. The predicted octanol–water partition coefficient (Wildman–Crippen LogP) is 6.82. The summed E-state index contributed by atoms with van der Waals surface area (Å²) in [7, 11) is 0. The van der Waals surface area contributed by atoms with Crippen LogP contribution in [-0.4, -0.2) is 29.0 Å². The molecule has 1 unspecified atom stereocenters. The highest BCUT2D eigenvalue weighted by molar-refractivity contribution is 6.32. The van der Waals surface area contributed by atoms with Crippen molar-refractivity contribution in [3.05, 3.63) is 101 Å². The quantitative estimate of drug-likeness (QED) is 0.190. The Kier molecular flexibility index (Phi) is 8.11. The summed E-state index contributed by atoms with van der Waals surface area (Å²) in [5, 5.41) is 4.42. The average molecular weight is 556 g/mol. The number of ether oxygens (including phenoxy) is 2. The summed E-state index contributed by atoms with van der Waals surface area (Å²) in [6.07, 6.45) is 3.81. The molecule has 5 rings (SSSR count). The summed E-state index contributed by atoms with van der Waals surface area (Å²) < 4.78 is 24.8. The van der Waals surface area contributed by atoms with E-state index in [-0.39, 0.29) is 30.0 Å². The molecule has 3 aromatic carbocycles. The zero-order chi connectivity index (χ0) is 28.1. The van der Waals surface area contributed by atoms with Gasteiger partial charge in [-0.15, -0.1) is 0 Å². The second kappa shape index (κ2) is 11.9. The molecule has 0 spiro atoms. The van der Waals surface area contributed by atoms with E-state index in [1.54, 1.807) is 24.3 Å². The molecule has 8 heteroatoms. The van der Waals surface area contributed by atoms with Crippen LogP contribution < -0.4 is 10.1 Å². The average Bonchev–Trinajstić information content (AvgIpc) is 3.38. The molecule has 1 N–H and O–H groups in total. The lowest BCUT2D eigenvalue weighted by molar-refractivity contribution is -0.114. The van der Waals surface area contributed by atoms with E-state index in [2.05, 4.69) is 40.6 Å². The summed E-state index contributed by atoms with van der Waals surface area (Å²) in [5.74, 6) is 7.22. The molecule has 202 valence electrons. The Morgan fingerprint density at radius 1 is 1.25 bits per heavy atom. The van der Waals surface area contributed by atoms with Gasteiger partial charge in [0, 0.05) is 29.7 Å². The smallest absolute Gasteiger partial charge is 0.159 e. The van der Waals surface area contributed by atoms with Gasteiger partial charge in [-0.05, 0) is 73.0 Å². The van der Waals surface area contributed by atoms with Gasteiger partial charge in [-0.1, -0.05) is 42.2 Å². The largest absolute Gasteiger partial charge is 0.487 e. The first-order valence-corrected chi connectivity index (χ1v) is 13.2. The molecule has 0 radical (unpaired) electrons. The zero-order valence-corrected chi connectivity index (χ0v) is 22.7. The maximum atomic E-state index is 13.5. The van der Waals surface area contributed by atoms with Crippen molar-refractivity contribution in [3.63, 3.8) is 0 Å². The topological polar surface area (TPSA) is 73.3 Å². The maximum Gasteiger partial charge on any atom is 0.159 e. The second-order valence-electron chi connectivity index (χ2n) is 9.90. The van der Waals surface area contributed by atoms with Crippen LogP contribution in [-0.2, 0) is 22.6 Å². The molecule has 0 saturated carbocycles. The number of hydrogen-bond donors (Lipinski definition) is 1. The summed E-state index contributed by atoms with van der Waals surface area (Å²) in [6.45, 7) is 7.15. The van der Waals surface area contributed by atoms with E-state index < -0.39 is 0 Å². The lowest BCUT2D eigenvalue weighted by atomic mass is 9.90. The molecular weight excluding hydrogens is 529 g/mol. The number of rotatable bonds is 8. The van der Waals surface area contributed by atoms with Gasteiger partial charge in [-0.2, -0.15) is 0 Å². The van der Waals surface area contributed by atoms with Crippen LogP contribution in [0.25, 0.3) is 10.9 Å². The van der Waals surface area contributed by atoms with Gasteiger partial charge in [0.05, 0.1) is 22.6 Å². The van der Waals surface area contributed by atoms with Crippen LogP contribution in [0.2, 0.25) is 5.02 Å². The van der Waals surface area contributed by atoms with E-state index >= 15 is 0 Å². The van der Waals surface area contributed by atoms with Crippen molar-refractivity contribution in [3.8, 4) is 17.6 Å². The molecule has 6 nitrogen and oxygen atoms in total. The number of anilines is 2. The van der Waals surface area contributed by atoms with E-state index in [1.165, 1.54) is 24.5 Å². The van der Waals surface area contributed by atoms with Gasteiger partial charge >= 0.3 is 0 Å². The number of aromatic nitrogens is 2. The van der Waals surface area contributed by atoms with Crippen LogP contribution >= 0.6 is 11.6 Å². The SMILES string of the molecule is C=CC(=O)Cc1cc2c(Nc3ccc(OCc4cccc(F)c4)c(Cl)c3)ncnc2cc1C#CC1(C)CCOC1. The van der Waals surface area contributed by atoms with Crippen molar-refractivity contribution >= 4 is 39.8 Å². The fraction of sp³-hybridized carbons (Fsp3) is 0.219. The lowest BCUT2D eigenvalue weighted by Gasteiger charge is -2.14. The van der Waals surface area contributed by atoms with Crippen LogP contribution in [0.15, 0.2) is 73.6 Å². The van der Waals surface area contributed by atoms with E-state index in [9.17, 15) is 9.18 Å². The molecule has 0 aliphatic carbocycles. The zero-order valence-electron chi connectivity index (χ0n) is 22.0. The molecule has 0 amide bonds. The van der Waals surface area contributed by atoms with Crippen LogP contribution in [0.1, 0.15) is 30.0 Å². The molecular formula is C32H27ClFN3O3.